The van der Waals surface area contributed by atoms with Gasteiger partial charge in [-0.25, -0.2) is 0 Å². The molecule has 1 atom stereocenters. The van der Waals surface area contributed by atoms with Crippen LogP contribution in [0.2, 0.25) is 5.02 Å². The number of nitrogens with zero attached hydrogens (tertiary/aromatic N) is 3. The van der Waals surface area contributed by atoms with E-state index in [4.69, 9.17) is 11.6 Å². The summed E-state index contributed by atoms with van der Waals surface area (Å²) in [4.78, 5) is 14.3. The number of halogens is 4. The van der Waals surface area contributed by atoms with Gasteiger partial charge in [-0.3, -0.25) is 9.48 Å². The summed E-state index contributed by atoms with van der Waals surface area (Å²) in [5.74, 6) is -0.446. The van der Waals surface area contributed by atoms with E-state index in [2.05, 4.69) is 5.10 Å². The van der Waals surface area contributed by atoms with Crippen molar-refractivity contribution >= 4 is 17.5 Å². The Morgan fingerprint density at radius 2 is 1.96 bits per heavy atom. The molecule has 0 spiro atoms. The Balaban J connectivity index is 1.89. The third-order valence-electron chi connectivity index (χ3n) is 4.16. The van der Waals surface area contributed by atoms with Crippen LogP contribution >= 0.6 is 11.6 Å². The van der Waals surface area contributed by atoms with E-state index in [9.17, 15) is 18.0 Å². The molecular formula is C16H15ClF3N3O. The van der Waals surface area contributed by atoms with E-state index in [1.54, 1.807) is 17.0 Å². The van der Waals surface area contributed by atoms with Crippen molar-refractivity contribution in [1.29, 1.82) is 0 Å². The van der Waals surface area contributed by atoms with Crippen molar-refractivity contribution < 1.29 is 18.0 Å². The third-order valence-corrected chi connectivity index (χ3v) is 4.41. The van der Waals surface area contributed by atoms with Gasteiger partial charge in [-0.05, 0) is 30.5 Å². The molecule has 1 aromatic carbocycles. The molecule has 8 heteroatoms. The van der Waals surface area contributed by atoms with Gasteiger partial charge in [-0.15, -0.1) is 0 Å². The molecule has 0 bridgehead atoms. The standard InChI is InChI=1S/C16H15ClF3N3O/c1-22-13(9-14(21-22)16(18,19)20)15(24)23-8-2-3-12(23)10-4-6-11(17)7-5-10/h4-7,9,12H,2-3,8H2,1H3/t12-/m0/s1. The van der Waals surface area contributed by atoms with Crippen molar-refractivity contribution in [2.24, 2.45) is 7.05 Å². The van der Waals surface area contributed by atoms with Gasteiger partial charge >= 0.3 is 6.18 Å². The highest BCUT2D eigenvalue weighted by Crippen LogP contribution is 2.34. The number of likely N-dealkylation sites (tertiary alicyclic amines) is 1. The molecule has 1 aromatic heterocycles. The first kappa shape index (κ1) is 16.8. The zero-order valence-electron chi connectivity index (χ0n) is 12.8. The summed E-state index contributed by atoms with van der Waals surface area (Å²) < 4.78 is 39.4. The lowest BCUT2D eigenvalue weighted by atomic mass is 10.0. The predicted octanol–water partition coefficient (Wildman–Crippen LogP) is 4.07. The van der Waals surface area contributed by atoms with Gasteiger partial charge in [0.15, 0.2) is 5.69 Å². The van der Waals surface area contributed by atoms with Crippen LogP contribution in [0.25, 0.3) is 0 Å². The van der Waals surface area contributed by atoms with Crippen molar-refractivity contribution in [3.63, 3.8) is 0 Å². The maximum absolute atomic E-state index is 12.8. The van der Waals surface area contributed by atoms with Gasteiger partial charge in [-0.1, -0.05) is 23.7 Å². The Morgan fingerprint density at radius 3 is 2.54 bits per heavy atom. The van der Waals surface area contributed by atoms with Crippen LogP contribution in [0.3, 0.4) is 0 Å². The summed E-state index contributed by atoms with van der Waals surface area (Å²) in [7, 11) is 1.34. The molecule has 4 nitrogen and oxygen atoms in total. The minimum atomic E-state index is -4.57. The van der Waals surface area contributed by atoms with Crippen LogP contribution in [-0.2, 0) is 13.2 Å². The highest BCUT2D eigenvalue weighted by atomic mass is 35.5. The van der Waals surface area contributed by atoms with Crippen LogP contribution in [0.15, 0.2) is 30.3 Å². The first-order valence-corrected chi connectivity index (χ1v) is 7.83. The fourth-order valence-corrected chi connectivity index (χ4v) is 3.12. The van der Waals surface area contributed by atoms with Crippen molar-refractivity contribution in [2.45, 2.75) is 25.1 Å². The molecule has 0 aliphatic carbocycles. The average Bonchev–Trinajstić information content (AvgIpc) is 3.13. The summed E-state index contributed by atoms with van der Waals surface area (Å²) in [5, 5.41) is 4.00. The summed E-state index contributed by atoms with van der Waals surface area (Å²) in [5.41, 5.74) is -0.206. The number of hydrogen-bond acceptors (Lipinski definition) is 2. The number of amides is 1. The number of aromatic nitrogens is 2. The molecule has 0 saturated carbocycles. The number of carbonyl (C=O) groups is 1. The fourth-order valence-electron chi connectivity index (χ4n) is 2.99. The van der Waals surface area contributed by atoms with Crippen LogP contribution in [0, 0.1) is 0 Å². The molecule has 1 aliphatic rings. The number of benzene rings is 1. The second-order valence-corrected chi connectivity index (χ2v) is 6.18. The minimum Gasteiger partial charge on any atom is -0.330 e. The van der Waals surface area contributed by atoms with Gasteiger partial charge in [0.25, 0.3) is 5.91 Å². The lowest BCUT2D eigenvalue weighted by Gasteiger charge is -2.25. The first-order chi connectivity index (χ1) is 11.3. The number of hydrogen-bond donors (Lipinski definition) is 0. The molecule has 1 aliphatic heterocycles. The highest BCUT2D eigenvalue weighted by Gasteiger charge is 2.37. The zero-order valence-corrected chi connectivity index (χ0v) is 13.6. The van der Waals surface area contributed by atoms with Crippen LogP contribution in [0.5, 0.6) is 0 Å². The molecule has 1 amide bonds. The maximum Gasteiger partial charge on any atom is 0.435 e. The molecule has 24 heavy (non-hydrogen) atoms. The number of carbonyl (C=O) groups excluding carboxylic acids is 1. The Bertz CT molecular complexity index is 755. The van der Waals surface area contributed by atoms with Crippen molar-refractivity contribution in [1.82, 2.24) is 14.7 Å². The molecule has 0 radical (unpaired) electrons. The molecule has 1 saturated heterocycles. The molecule has 0 N–H and O–H groups in total. The van der Waals surface area contributed by atoms with Gasteiger partial charge in [0, 0.05) is 24.7 Å². The summed E-state index contributed by atoms with van der Waals surface area (Å²) in [6, 6.07) is 7.79. The number of aryl methyl sites for hydroxylation is 1. The van der Waals surface area contributed by atoms with Crippen molar-refractivity contribution in [3.05, 3.63) is 52.3 Å². The van der Waals surface area contributed by atoms with E-state index in [0.717, 1.165) is 29.2 Å². The average molecular weight is 358 g/mol. The minimum absolute atomic E-state index is 0.0665. The second-order valence-electron chi connectivity index (χ2n) is 5.74. The lowest BCUT2D eigenvalue weighted by Crippen LogP contribution is -2.32. The van der Waals surface area contributed by atoms with E-state index >= 15 is 0 Å². The quantitative estimate of drug-likeness (QED) is 0.812. The predicted molar refractivity (Wildman–Crippen MR) is 82.7 cm³/mol. The molecule has 128 valence electrons. The summed E-state index contributed by atoms with van der Waals surface area (Å²) in [6.45, 7) is 0.499. The zero-order chi connectivity index (χ0) is 17.5. The normalized spacial score (nSPS) is 18.2. The van der Waals surface area contributed by atoms with E-state index < -0.39 is 17.8 Å². The van der Waals surface area contributed by atoms with Crippen molar-refractivity contribution in [3.8, 4) is 0 Å². The van der Waals surface area contributed by atoms with Gasteiger partial charge in [0.05, 0.1) is 6.04 Å². The molecule has 3 rings (SSSR count). The first-order valence-electron chi connectivity index (χ1n) is 7.45. The summed E-state index contributed by atoms with van der Waals surface area (Å²) >= 11 is 5.88. The molecule has 1 fully saturated rings. The van der Waals surface area contributed by atoms with Gasteiger partial charge in [-0.2, -0.15) is 18.3 Å². The largest absolute Gasteiger partial charge is 0.435 e. The molecule has 2 aromatic rings. The Hall–Kier alpha value is -2.02. The summed E-state index contributed by atoms with van der Waals surface area (Å²) in [6.07, 6.45) is -3.02. The van der Waals surface area contributed by atoms with E-state index in [0.29, 0.717) is 11.6 Å². The van der Waals surface area contributed by atoms with Gasteiger partial charge < -0.3 is 4.90 Å². The van der Waals surface area contributed by atoms with Crippen LogP contribution < -0.4 is 0 Å². The SMILES string of the molecule is Cn1nc(C(F)(F)F)cc1C(=O)N1CCC[C@H]1c1ccc(Cl)cc1. The Kier molecular flexibility index (Phi) is 4.29. The molecular weight excluding hydrogens is 343 g/mol. The Labute approximate surface area is 141 Å². The van der Waals surface area contributed by atoms with Gasteiger partial charge in [0.2, 0.25) is 0 Å². The Morgan fingerprint density at radius 1 is 1.29 bits per heavy atom. The number of alkyl halides is 3. The third kappa shape index (κ3) is 3.13. The second kappa shape index (κ2) is 6.12. The van der Waals surface area contributed by atoms with E-state index in [1.165, 1.54) is 7.05 Å². The van der Waals surface area contributed by atoms with Crippen LogP contribution in [0.4, 0.5) is 13.2 Å². The van der Waals surface area contributed by atoms with E-state index in [-0.39, 0.29) is 11.7 Å². The molecule has 2 heterocycles. The van der Waals surface area contributed by atoms with Crippen LogP contribution in [0.1, 0.15) is 40.6 Å². The van der Waals surface area contributed by atoms with E-state index in [1.807, 2.05) is 12.1 Å². The lowest BCUT2D eigenvalue weighted by molar-refractivity contribution is -0.141. The highest BCUT2D eigenvalue weighted by molar-refractivity contribution is 6.30. The topological polar surface area (TPSA) is 38.1 Å². The van der Waals surface area contributed by atoms with Gasteiger partial charge in [0.1, 0.15) is 5.69 Å². The van der Waals surface area contributed by atoms with Crippen LogP contribution in [-0.4, -0.2) is 27.1 Å². The molecule has 0 unspecified atom stereocenters. The monoisotopic (exact) mass is 357 g/mol. The van der Waals surface area contributed by atoms with Crippen molar-refractivity contribution in [2.75, 3.05) is 6.54 Å². The maximum atomic E-state index is 12.8. The number of rotatable bonds is 2. The smallest absolute Gasteiger partial charge is 0.330 e. The fraction of sp³-hybridized carbons (Fsp3) is 0.375.